The molecule has 0 bridgehead atoms. The van der Waals surface area contributed by atoms with Gasteiger partial charge in [-0.25, -0.2) is 4.79 Å². The van der Waals surface area contributed by atoms with Gasteiger partial charge in [-0.15, -0.1) is 11.8 Å². The third-order valence-corrected chi connectivity index (χ3v) is 10.7. The number of amides is 4. The van der Waals surface area contributed by atoms with Gasteiger partial charge in [0.1, 0.15) is 4.87 Å². The number of fused-ring (bicyclic) bond motifs is 3. The summed E-state index contributed by atoms with van der Waals surface area (Å²) in [7, 11) is 0. The summed E-state index contributed by atoms with van der Waals surface area (Å²) < 4.78 is 0. The van der Waals surface area contributed by atoms with E-state index in [1.807, 2.05) is 28.0 Å². The number of rotatable bonds is 5. The smallest absolute Gasteiger partial charge is 0.322 e. The minimum Gasteiger partial charge on any atom is -0.342 e. The van der Waals surface area contributed by atoms with Crippen LogP contribution in [0.5, 0.6) is 0 Å². The van der Waals surface area contributed by atoms with Gasteiger partial charge in [-0.3, -0.25) is 9.59 Å². The van der Waals surface area contributed by atoms with Crippen LogP contribution in [-0.4, -0.2) is 63.5 Å². The number of hydrogen-bond acceptors (Lipinski definition) is 4. The van der Waals surface area contributed by atoms with Crippen LogP contribution < -0.4 is 5.32 Å². The van der Waals surface area contributed by atoms with Crippen LogP contribution in [0.4, 0.5) is 10.5 Å². The zero-order valence-electron chi connectivity index (χ0n) is 23.8. The number of para-hydroxylation sites is 1. The molecule has 2 aromatic rings. The molecule has 8 heteroatoms. The first kappa shape index (κ1) is 27.2. The molecule has 6 rings (SSSR count). The Morgan fingerprint density at radius 1 is 1.02 bits per heavy atom. The first-order valence-corrected chi connectivity index (χ1v) is 15.5. The van der Waals surface area contributed by atoms with Crippen LogP contribution in [0.15, 0.2) is 48.5 Å². The highest BCUT2D eigenvalue weighted by Gasteiger charge is 2.55. The summed E-state index contributed by atoms with van der Waals surface area (Å²) in [6.45, 7) is 9.18. The summed E-state index contributed by atoms with van der Waals surface area (Å²) in [5.74, 6) is 0.162. The zero-order chi connectivity index (χ0) is 28.1. The average Bonchev–Trinajstić information content (AvgIpc) is 3.43. The van der Waals surface area contributed by atoms with Crippen molar-refractivity contribution in [1.82, 2.24) is 14.7 Å². The Balaban J connectivity index is 1.11. The lowest BCUT2D eigenvalue weighted by Gasteiger charge is -2.40. The molecular weight excluding hydrogens is 520 g/mol. The summed E-state index contributed by atoms with van der Waals surface area (Å²) in [6, 6.07) is 16.5. The molecule has 2 fully saturated rings. The van der Waals surface area contributed by atoms with Gasteiger partial charge in [0.25, 0.3) is 0 Å². The van der Waals surface area contributed by atoms with Gasteiger partial charge in [0.2, 0.25) is 11.8 Å². The van der Waals surface area contributed by atoms with E-state index in [-0.39, 0.29) is 45.8 Å². The molecule has 4 amide bonds. The Labute approximate surface area is 241 Å². The second kappa shape index (κ2) is 10.4. The van der Waals surface area contributed by atoms with Crippen LogP contribution in [0.3, 0.4) is 0 Å². The highest BCUT2D eigenvalue weighted by Crippen LogP contribution is 2.57. The molecule has 2 saturated heterocycles. The van der Waals surface area contributed by atoms with Crippen LogP contribution in [0.2, 0.25) is 0 Å². The van der Waals surface area contributed by atoms with E-state index in [4.69, 9.17) is 0 Å². The number of thioether (sulfide) groups is 1. The van der Waals surface area contributed by atoms with Crippen LogP contribution in [-0.2, 0) is 27.4 Å². The van der Waals surface area contributed by atoms with E-state index < -0.39 is 0 Å². The lowest BCUT2D eigenvalue weighted by molar-refractivity contribution is -0.138. The first-order chi connectivity index (χ1) is 19.1. The van der Waals surface area contributed by atoms with Crippen molar-refractivity contribution in [3.63, 3.8) is 0 Å². The second-order valence-electron chi connectivity index (χ2n) is 12.9. The van der Waals surface area contributed by atoms with Gasteiger partial charge in [-0.1, -0.05) is 63.2 Å². The van der Waals surface area contributed by atoms with E-state index in [2.05, 4.69) is 61.3 Å². The normalized spacial score (nSPS) is 24.9. The second-order valence-corrected chi connectivity index (χ2v) is 14.4. The standard InChI is InChI=1S/C32H40N4O3S/c1-31(2,3)16-19-36-29(38)27(40-32(36)15-12-22-8-4-6-10-25(22)32)20-28(37)34-17-13-24(14-18-34)35-21-23-9-5-7-11-26(23)33-30(35)39/h4-11,24,27H,12-21H2,1-3H3,(H,33,39). The maximum atomic E-state index is 13.9. The number of carbonyl (C=O) groups excluding carboxylic acids is 3. The van der Waals surface area contributed by atoms with E-state index in [9.17, 15) is 14.4 Å². The molecule has 1 aliphatic carbocycles. The fraction of sp³-hybridized carbons (Fsp3) is 0.531. The topological polar surface area (TPSA) is 73.0 Å². The number of nitrogens with zero attached hydrogens (tertiary/aromatic N) is 3. The van der Waals surface area contributed by atoms with Crippen LogP contribution in [0.1, 0.15) is 69.6 Å². The molecule has 0 radical (unpaired) electrons. The van der Waals surface area contributed by atoms with Crippen LogP contribution in [0.25, 0.3) is 0 Å². The van der Waals surface area contributed by atoms with Gasteiger partial charge in [0.05, 0.1) is 5.25 Å². The van der Waals surface area contributed by atoms with Crippen molar-refractivity contribution in [1.29, 1.82) is 0 Å². The van der Waals surface area contributed by atoms with Gasteiger partial charge in [0.15, 0.2) is 0 Å². The molecule has 3 aliphatic heterocycles. The molecule has 3 heterocycles. The Kier molecular flexibility index (Phi) is 7.09. The maximum Gasteiger partial charge on any atom is 0.322 e. The molecule has 2 aromatic carbocycles. The van der Waals surface area contributed by atoms with Crippen LogP contribution in [0, 0.1) is 5.41 Å². The van der Waals surface area contributed by atoms with Crippen molar-refractivity contribution in [2.24, 2.45) is 5.41 Å². The van der Waals surface area contributed by atoms with E-state index in [0.29, 0.717) is 26.2 Å². The third-order valence-electron chi connectivity index (χ3n) is 9.05. The number of nitrogens with one attached hydrogen (secondary N) is 1. The highest BCUT2D eigenvalue weighted by molar-refractivity contribution is 8.02. The Bertz CT molecular complexity index is 1320. The lowest BCUT2D eigenvalue weighted by atomic mass is 9.91. The Morgan fingerprint density at radius 3 is 2.48 bits per heavy atom. The van der Waals surface area contributed by atoms with Crippen molar-refractivity contribution in [3.8, 4) is 0 Å². The van der Waals surface area contributed by atoms with E-state index >= 15 is 0 Å². The summed E-state index contributed by atoms with van der Waals surface area (Å²) >= 11 is 1.71. The molecule has 1 N–H and O–H groups in total. The molecule has 4 aliphatic rings. The van der Waals surface area contributed by atoms with Crippen molar-refractivity contribution in [2.45, 2.75) is 82.0 Å². The zero-order valence-corrected chi connectivity index (χ0v) is 24.6. The number of aryl methyl sites for hydroxylation is 1. The summed E-state index contributed by atoms with van der Waals surface area (Å²) in [4.78, 5) is 45.8. The van der Waals surface area contributed by atoms with Crippen molar-refractivity contribution < 1.29 is 14.4 Å². The monoisotopic (exact) mass is 560 g/mol. The third kappa shape index (κ3) is 5.00. The van der Waals surface area contributed by atoms with E-state index in [1.165, 1.54) is 11.1 Å². The van der Waals surface area contributed by atoms with Crippen LogP contribution >= 0.6 is 11.8 Å². The van der Waals surface area contributed by atoms with Gasteiger partial charge >= 0.3 is 6.03 Å². The van der Waals surface area contributed by atoms with Crippen molar-refractivity contribution in [2.75, 3.05) is 25.0 Å². The van der Waals surface area contributed by atoms with Gasteiger partial charge in [-0.05, 0) is 60.3 Å². The van der Waals surface area contributed by atoms with E-state index in [0.717, 1.165) is 43.4 Å². The Morgan fingerprint density at radius 2 is 1.73 bits per heavy atom. The Hall–Kier alpha value is -3.00. The number of hydrogen-bond donors (Lipinski definition) is 1. The maximum absolute atomic E-state index is 13.9. The largest absolute Gasteiger partial charge is 0.342 e. The van der Waals surface area contributed by atoms with Gasteiger partial charge < -0.3 is 20.0 Å². The molecule has 2 unspecified atom stereocenters. The fourth-order valence-electron chi connectivity index (χ4n) is 6.76. The number of anilines is 1. The lowest BCUT2D eigenvalue weighted by Crippen LogP contribution is -2.51. The average molecular weight is 561 g/mol. The van der Waals surface area contributed by atoms with Crippen molar-refractivity contribution in [3.05, 3.63) is 65.2 Å². The van der Waals surface area contributed by atoms with E-state index in [1.54, 1.807) is 11.8 Å². The fourth-order valence-corrected chi connectivity index (χ4v) is 8.54. The molecule has 1 spiro atoms. The number of likely N-dealkylation sites (tertiary alicyclic amines) is 1. The minimum absolute atomic E-state index is 0.0526. The summed E-state index contributed by atoms with van der Waals surface area (Å²) in [5, 5.41) is 2.65. The quantitative estimate of drug-likeness (QED) is 0.517. The molecular formula is C32H40N4O3S. The predicted molar refractivity (Wildman–Crippen MR) is 159 cm³/mol. The minimum atomic E-state index is -0.366. The summed E-state index contributed by atoms with van der Waals surface area (Å²) in [6.07, 6.45) is 4.53. The SMILES string of the molecule is CC(C)(C)CCN1C(=O)C(CC(=O)N2CCC(N3Cc4ccccc4NC3=O)CC2)SC12CCc1ccccc12. The number of urea groups is 1. The highest BCUT2D eigenvalue weighted by atomic mass is 32.2. The van der Waals surface area contributed by atoms with Gasteiger partial charge in [-0.2, -0.15) is 0 Å². The molecule has 40 heavy (non-hydrogen) atoms. The molecule has 212 valence electrons. The molecule has 0 aromatic heterocycles. The first-order valence-electron chi connectivity index (χ1n) is 14.7. The van der Waals surface area contributed by atoms with Gasteiger partial charge in [0, 0.05) is 44.3 Å². The van der Waals surface area contributed by atoms with Crippen molar-refractivity contribution >= 4 is 35.3 Å². The predicted octanol–water partition coefficient (Wildman–Crippen LogP) is 5.59. The number of piperidine rings is 1. The molecule has 7 nitrogen and oxygen atoms in total. The number of carbonyl (C=O) groups is 3. The summed E-state index contributed by atoms with van der Waals surface area (Å²) in [5.41, 5.74) is 4.70. The molecule has 2 atom stereocenters. The number of benzene rings is 2. The molecule has 0 saturated carbocycles.